The highest BCUT2D eigenvalue weighted by atomic mass is 16.6. The first-order valence-electron chi connectivity index (χ1n) is 6.76. The van der Waals surface area contributed by atoms with Crippen molar-refractivity contribution in [2.24, 2.45) is 0 Å². The Morgan fingerprint density at radius 2 is 1.91 bits per heavy atom. The van der Waals surface area contributed by atoms with Gasteiger partial charge in [0.25, 0.3) is 5.69 Å². The molecule has 0 bridgehead atoms. The molecule has 1 atom stereocenters. The number of non-ortho nitro benzene ring substituents is 1. The van der Waals surface area contributed by atoms with Gasteiger partial charge in [0.05, 0.1) is 12.0 Å². The maximum Gasteiger partial charge on any atom is 0.345 e. The fourth-order valence-electron chi connectivity index (χ4n) is 2.03. The lowest BCUT2D eigenvalue weighted by atomic mass is 10.1. The van der Waals surface area contributed by atoms with E-state index in [4.69, 9.17) is 9.47 Å². The average Bonchev–Trinajstić information content (AvgIpc) is 2.54. The number of carboxylic acid groups (broad SMARTS) is 1. The number of carbonyl (C=O) groups is 1. The Morgan fingerprint density at radius 3 is 2.57 bits per heavy atom. The highest BCUT2D eigenvalue weighted by Crippen LogP contribution is 2.22. The molecule has 0 aliphatic heterocycles. The fraction of sp³-hybridized carbons (Fsp3) is 0.188. The van der Waals surface area contributed by atoms with E-state index in [2.05, 4.69) is 0 Å². The lowest BCUT2D eigenvalue weighted by Gasteiger charge is -2.15. The van der Waals surface area contributed by atoms with Gasteiger partial charge in [-0.1, -0.05) is 18.2 Å². The lowest BCUT2D eigenvalue weighted by Crippen LogP contribution is -2.29. The summed E-state index contributed by atoms with van der Waals surface area (Å²) in [5.41, 5.74) is 0.419. The van der Waals surface area contributed by atoms with Crippen molar-refractivity contribution in [1.29, 1.82) is 0 Å². The summed E-state index contributed by atoms with van der Waals surface area (Å²) in [7, 11) is 1.50. The summed E-state index contributed by atoms with van der Waals surface area (Å²) in [6.07, 6.45) is -1.15. The Kier molecular flexibility index (Phi) is 5.14. The largest absolute Gasteiger partial charge is 0.497 e. The molecule has 2 aromatic carbocycles. The minimum atomic E-state index is -1.16. The molecule has 1 unspecified atom stereocenters. The van der Waals surface area contributed by atoms with Crippen LogP contribution in [0.4, 0.5) is 5.69 Å². The second kappa shape index (κ2) is 7.26. The predicted octanol–water partition coefficient (Wildman–Crippen LogP) is 2.68. The normalized spacial score (nSPS) is 11.5. The van der Waals surface area contributed by atoms with E-state index in [-0.39, 0.29) is 12.1 Å². The van der Waals surface area contributed by atoms with Crippen LogP contribution in [-0.4, -0.2) is 29.2 Å². The molecule has 0 spiro atoms. The topological polar surface area (TPSA) is 98.9 Å². The van der Waals surface area contributed by atoms with Gasteiger partial charge in [-0.25, -0.2) is 4.79 Å². The molecule has 0 aromatic heterocycles. The van der Waals surface area contributed by atoms with Gasteiger partial charge in [-0.2, -0.15) is 0 Å². The van der Waals surface area contributed by atoms with Crippen molar-refractivity contribution < 1.29 is 24.3 Å². The number of nitrogens with zero attached hydrogens (tertiary/aromatic N) is 1. The molecule has 0 fully saturated rings. The molecule has 2 rings (SSSR count). The quantitative estimate of drug-likeness (QED) is 0.622. The Balaban J connectivity index is 2.17. The number of rotatable bonds is 7. The number of benzene rings is 2. The van der Waals surface area contributed by atoms with Crippen LogP contribution in [0.15, 0.2) is 48.5 Å². The van der Waals surface area contributed by atoms with Crippen molar-refractivity contribution in [1.82, 2.24) is 0 Å². The molecule has 0 aliphatic carbocycles. The second-order valence-corrected chi connectivity index (χ2v) is 4.75. The Bertz CT molecular complexity index is 715. The van der Waals surface area contributed by atoms with Crippen LogP contribution in [0, 0.1) is 10.1 Å². The average molecular weight is 317 g/mol. The summed E-state index contributed by atoms with van der Waals surface area (Å²) in [4.78, 5) is 21.6. The zero-order valence-corrected chi connectivity index (χ0v) is 12.3. The molecule has 7 heteroatoms. The summed E-state index contributed by atoms with van der Waals surface area (Å²) in [6, 6.07) is 12.4. The van der Waals surface area contributed by atoms with Gasteiger partial charge in [-0.15, -0.1) is 0 Å². The molecule has 2 aromatic rings. The molecule has 0 saturated heterocycles. The van der Waals surface area contributed by atoms with Crippen LogP contribution in [0.25, 0.3) is 0 Å². The number of aliphatic carboxylic acids is 1. The fourth-order valence-corrected chi connectivity index (χ4v) is 2.03. The van der Waals surface area contributed by atoms with E-state index in [1.807, 2.05) is 0 Å². The molecular weight excluding hydrogens is 302 g/mol. The third kappa shape index (κ3) is 4.44. The zero-order valence-electron chi connectivity index (χ0n) is 12.3. The number of carboxylic acids is 1. The van der Waals surface area contributed by atoms with E-state index in [1.54, 1.807) is 30.3 Å². The SMILES string of the molecule is COc1cccc(OC(Cc2cccc([N+](=O)[O-])c2)C(=O)O)c1. The van der Waals surface area contributed by atoms with Crippen LogP contribution in [0.5, 0.6) is 11.5 Å². The molecule has 1 N–H and O–H groups in total. The second-order valence-electron chi connectivity index (χ2n) is 4.75. The number of ether oxygens (including phenoxy) is 2. The van der Waals surface area contributed by atoms with E-state index >= 15 is 0 Å². The molecule has 7 nitrogen and oxygen atoms in total. The van der Waals surface area contributed by atoms with Crippen molar-refractivity contribution in [3.63, 3.8) is 0 Å². The number of methoxy groups -OCH3 is 1. The van der Waals surface area contributed by atoms with Crippen molar-refractivity contribution in [2.75, 3.05) is 7.11 Å². The Labute approximate surface area is 132 Å². The van der Waals surface area contributed by atoms with Gasteiger partial charge in [0, 0.05) is 24.6 Å². The van der Waals surface area contributed by atoms with Crippen LogP contribution in [0.3, 0.4) is 0 Å². The number of hydrogen-bond donors (Lipinski definition) is 1. The highest BCUT2D eigenvalue weighted by molar-refractivity contribution is 5.73. The van der Waals surface area contributed by atoms with Crippen LogP contribution in [0.1, 0.15) is 5.56 Å². The van der Waals surface area contributed by atoms with E-state index < -0.39 is 17.0 Å². The molecule has 0 saturated carbocycles. The summed E-state index contributed by atoms with van der Waals surface area (Å²) in [5, 5.41) is 20.1. The third-order valence-corrected chi connectivity index (χ3v) is 3.14. The van der Waals surface area contributed by atoms with Crippen molar-refractivity contribution >= 4 is 11.7 Å². The van der Waals surface area contributed by atoms with E-state index in [1.165, 1.54) is 25.3 Å². The van der Waals surface area contributed by atoms with E-state index in [0.717, 1.165) is 0 Å². The monoisotopic (exact) mass is 317 g/mol. The summed E-state index contributed by atoms with van der Waals surface area (Å²) >= 11 is 0. The smallest absolute Gasteiger partial charge is 0.345 e. The van der Waals surface area contributed by atoms with Gasteiger partial charge >= 0.3 is 5.97 Å². The summed E-state index contributed by atoms with van der Waals surface area (Å²) < 4.78 is 10.5. The van der Waals surface area contributed by atoms with E-state index in [9.17, 15) is 20.0 Å². The molecule has 0 heterocycles. The number of nitro groups is 1. The predicted molar refractivity (Wildman–Crippen MR) is 81.8 cm³/mol. The first kappa shape index (κ1) is 16.3. The molecule has 23 heavy (non-hydrogen) atoms. The van der Waals surface area contributed by atoms with Gasteiger partial charge in [0.15, 0.2) is 6.10 Å². The molecule has 0 amide bonds. The van der Waals surface area contributed by atoms with Gasteiger partial charge in [-0.05, 0) is 17.7 Å². The van der Waals surface area contributed by atoms with Crippen molar-refractivity contribution in [2.45, 2.75) is 12.5 Å². The zero-order chi connectivity index (χ0) is 16.8. The molecule has 120 valence electrons. The minimum Gasteiger partial charge on any atom is -0.497 e. The first-order chi connectivity index (χ1) is 11.0. The highest BCUT2D eigenvalue weighted by Gasteiger charge is 2.21. The summed E-state index contributed by atoms with van der Waals surface area (Å²) in [5.74, 6) is -0.261. The molecule has 0 aliphatic rings. The van der Waals surface area contributed by atoms with Crippen molar-refractivity contribution in [3.05, 3.63) is 64.2 Å². The maximum atomic E-state index is 11.4. The number of nitro benzene ring substituents is 1. The summed E-state index contributed by atoms with van der Waals surface area (Å²) in [6.45, 7) is 0. The third-order valence-electron chi connectivity index (χ3n) is 3.14. The van der Waals surface area contributed by atoms with E-state index in [0.29, 0.717) is 17.1 Å². The Hall–Kier alpha value is -3.09. The van der Waals surface area contributed by atoms with Crippen molar-refractivity contribution in [3.8, 4) is 11.5 Å². The van der Waals surface area contributed by atoms with Crippen LogP contribution >= 0.6 is 0 Å². The molecular formula is C16H15NO6. The minimum absolute atomic E-state index is 0.00816. The van der Waals surface area contributed by atoms with Gasteiger partial charge in [-0.3, -0.25) is 10.1 Å². The van der Waals surface area contributed by atoms with Crippen LogP contribution in [0.2, 0.25) is 0 Å². The number of hydrogen-bond acceptors (Lipinski definition) is 5. The molecule has 0 radical (unpaired) electrons. The van der Waals surface area contributed by atoms with Crippen LogP contribution < -0.4 is 9.47 Å². The standard InChI is InChI=1S/C16H15NO6/c1-22-13-6-3-7-14(10-13)23-15(16(18)19)9-11-4-2-5-12(8-11)17(20)21/h2-8,10,15H,9H2,1H3,(H,18,19). The Morgan fingerprint density at radius 1 is 1.22 bits per heavy atom. The maximum absolute atomic E-state index is 11.4. The van der Waals surface area contributed by atoms with Gasteiger partial charge in [0.1, 0.15) is 11.5 Å². The van der Waals surface area contributed by atoms with Gasteiger partial charge < -0.3 is 14.6 Å². The van der Waals surface area contributed by atoms with Crippen LogP contribution in [-0.2, 0) is 11.2 Å². The first-order valence-corrected chi connectivity index (χ1v) is 6.76. The van der Waals surface area contributed by atoms with Gasteiger partial charge in [0.2, 0.25) is 0 Å². The lowest BCUT2D eigenvalue weighted by molar-refractivity contribution is -0.384.